The van der Waals surface area contributed by atoms with E-state index in [1.54, 1.807) is 0 Å². The van der Waals surface area contributed by atoms with Gasteiger partial charge in [0.15, 0.2) is 0 Å². The first-order valence-electron chi connectivity index (χ1n) is 9.35. The molecule has 0 amide bonds. The van der Waals surface area contributed by atoms with Crippen molar-refractivity contribution in [1.29, 1.82) is 0 Å². The molecule has 2 fully saturated rings. The Labute approximate surface area is 184 Å². The quantitative estimate of drug-likeness (QED) is 0.624. The van der Waals surface area contributed by atoms with Gasteiger partial charge in [-0.25, -0.2) is 9.59 Å². The Morgan fingerprint density at radius 2 is 1.66 bits per heavy atom. The Balaban J connectivity index is 0.000000305. The maximum Gasteiger partial charge on any atom is 0.490 e. The number of hydrogen-bond acceptors (Lipinski definition) is 6. The second-order valence-electron chi connectivity index (χ2n) is 7.19. The summed E-state index contributed by atoms with van der Waals surface area (Å²) in [5.74, 6) is -5.51. The standard InChI is InChI=1S/C14H22N2OS.2C2HF3O2/c1-11(2)16-5-6-17-14-10-15(9-13(14)16)8-12-4-3-7-18-12;2*3-2(4,5)1(6)7/h3-4,7,11,13-14H,5-6,8-10H2,1-2H3;2*(H,6,7)/t13-,14+;;/m1../s1. The van der Waals surface area contributed by atoms with Crippen LogP contribution in [0, 0.1) is 0 Å². The number of fused-ring (bicyclic) bond motifs is 1. The maximum atomic E-state index is 10.6. The van der Waals surface area contributed by atoms with Gasteiger partial charge in [-0.1, -0.05) is 6.07 Å². The van der Waals surface area contributed by atoms with Crippen molar-refractivity contribution in [2.75, 3.05) is 26.2 Å². The Morgan fingerprint density at radius 1 is 1.12 bits per heavy atom. The van der Waals surface area contributed by atoms with E-state index in [9.17, 15) is 26.3 Å². The summed E-state index contributed by atoms with van der Waals surface area (Å²) in [5, 5.41) is 16.4. The minimum atomic E-state index is -5.08. The van der Waals surface area contributed by atoms with Crippen LogP contribution in [0.2, 0.25) is 0 Å². The zero-order chi connectivity index (χ0) is 24.7. The van der Waals surface area contributed by atoms with Gasteiger partial charge in [-0.15, -0.1) is 11.3 Å². The van der Waals surface area contributed by atoms with E-state index in [0.29, 0.717) is 18.2 Å². The van der Waals surface area contributed by atoms with E-state index in [2.05, 4.69) is 41.2 Å². The molecular weight excluding hydrogens is 470 g/mol. The smallest absolute Gasteiger partial charge is 0.475 e. The zero-order valence-electron chi connectivity index (χ0n) is 17.2. The van der Waals surface area contributed by atoms with Gasteiger partial charge in [0.25, 0.3) is 0 Å². The topological polar surface area (TPSA) is 90.3 Å². The number of carboxylic acid groups (broad SMARTS) is 2. The summed E-state index contributed by atoms with van der Waals surface area (Å²) in [6.07, 6.45) is -9.75. The summed E-state index contributed by atoms with van der Waals surface area (Å²) < 4.78 is 69.4. The lowest BCUT2D eigenvalue weighted by Crippen LogP contribution is -2.53. The zero-order valence-corrected chi connectivity index (χ0v) is 18.0. The Kier molecular flexibility index (Phi) is 10.4. The molecule has 184 valence electrons. The number of morpholine rings is 1. The number of ether oxygens (including phenoxy) is 1. The van der Waals surface area contributed by atoms with Gasteiger partial charge < -0.3 is 14.9 Å². The third kappa shape index (κ3) is 9.30. The molecule has 7 nitrogen and oxygen atoms in total. The molecule has 0 unspecified atom stereocenters. The van der Waals surface area contributed by atoms with Gasteiger partial charge in [0.2, 0.25) is 0 Å². The van der Waals surface area contributed by atoms with E-state index in [-0.39, 0.29) is 0 Å². The lowest BCUT2D eigenvalue weighted by Gasteiger charge is -2.39. The summed E-state index contributed by atoms with van der Waals surface area (Å²) in [6, 6.07) is 5.59. The van der Waals surface area contributed by atoms with E-state index < -0.39 is 24.3 Å². The van der Waals surface area contributed by atoms with Crippen LogP contribution in [0.15, 0.2) is 17.5 Å². The van der Waals surface area contributed by atoms with Gasteiger partial charge in [0, 0.05) is 37.1 Å². The van der Waals surface area contributed by atoms with E-state index in [4.69, 9.17) is 24.5 Å². The van der Waals surface area contributed by atoms with Crippen molar-refractivity contribution in [2.24, 2.45) is 0 Å². The minimum Gasteiger partial charge on any atom is -0.475 e. The first kappa shape index (κ1) is 28.1. The number of carbonyl (C=O) groups is 2. The predicted molar refractivity (Wildman–Crippen MR) is 102 cm³/mol. The second-order valence-corrected chi connectivity index (χ2v) is 8.22. The first-order chi connectivity index (χ1) is 14.6. The summed E-state index contributed by atoms with van der Waals surface area (Å²) in [4.78, 5) is 24.4. The summed E-state index contributed by atoms with van der Waals surface area (Å²) in [6.45, 7) is 9.90. The average Bonchev–Trinajstić information content (AvgIpc) is 3.29. The lowest BCUT2D eigenvalue weighted by atomic mass is 10.1. The number of thiophene rings is 1. The van der Waals surface area contributed by atoms with E-state index in [1.165, 1.54) is 4.88 Å². The molecule has 3 heterocycles. The van der Waals surface area contributed by atoms with Crippen LogP contribution in [-0.4, -0.2) is 88.7 Å². The van der Waals surface area contributed by atoms with Gasteiger partial charge in [-0.2, -0.15) is 26.3 Å². The number of halogens is 6. The van der Waals surface area contributed by atoms with Crippen molar-refractivity contribution in [1.82, 2.24) is 9.80 Å². The molecule has 32 heavy (non-hydrogen) atoms. The monoisotopic (exact) mass is 494 g/mol. The highest BCUT2D eigenvalue weighted by Crippen LogP contribution is 2.26. The van der Waals surface area contributed by atoms with Gasteiger partial charge in [0.1, 0.15) is 0 Å². The van der Waals surface area contributed by atoms with E-state index in [1.807, 2.05) is 11.3 Å². The van der Waals surface area contributed by atoms with Crippen molar-refractivity contribution in [2.45, 2.75) is 50.9 Å². The molecule has 2 aliphatic rings. The number of nitrogens with zero attached hydrogens (tertiary/aromatic N) is 2. The number of rotatable bonds is 3. The first-order valence-corrected chi connectivity index (χ1v) is 10.2. The molecule has 1 aromatic rings. The van der Waals surface area contributed by atoms with Crippen LogP contribution in [0.5, 0.6) is 0 Å². The largest absolute Gasteiger partial charge is 0.490 e. The van der Waals surface area contributed by atoms with Crippen molar-refractivity contribution >= 4 is 23.3 Å². The van der Waals surface area contributed by atoms with E-state index in [0.717, 1.165) is 32.8 Å². The van der Waals surface area contributed by atoms with Crippen LogP contribution in [0.3, 0.4) is 0 Å². The molecule has 0 bridgehead atoms. The molecule has 14 heteroatoms. The minimum absolute atomic E-state index is 0.418. The van der Waals surface area contributed by atoms with Crippen molar-refractivity contribution in [3.8, 4) is 0 Å². The fraction of sp³-hybridized carbons (Fsp3) is 0.667. The van der Waals surface area contributed by atoms with Gasteiger partial charge in [-0.3, -0.25) is 9.80 Å². The van der Waals surface area contributed by atoms with Gasteiger partial charge >= 0.3 is 24.3 Å². The molecule has 3 rings (SSSR count). The fourth-order valence-corrected chi connectivity index (χ4v) is 3.93. The molecule has 2 saturated heterocycles. The van der Waals surface area contributed by atoms with Crippen LogP contribution in [0.1, 0.15) is 18.7 Å². The highest BCUT2D eigenvalue weighted by Gasteiger charge is 2.41. The maximum absolute atomic E-state index is 10.6. The number of alkyl halides is 6. The van der Waals surface area contributed by atoms with Crippen molar-refractivity contribution in [3.05, 3.63) is 22.4 Å². The van der Waals surface area contributed by atoms with Crippen LogP contribution >= 0.6 is 11.3 Å². The molecule has 0 radical (unpaired) electrons. The Hall–Kier alpha value is -1.90. The SMILES string of the molecule is CC(C)N1CCO[C@H]2CN(Cc3cccs3)C[C@H]21.O=C(O)C(F)(F)F.O=C(O)C(F)(F)F. The number of likely N-dealkylation sites (tertiary alicyclic amines) is 1. The highest BCUT2D eigenvalue weighted by molar-refractivity contribution is 7.09. The molecular formula is C18H24F6N2O5S. The van der Waals surface area contributed by atoms with Crippen molar-refractivity contribution < 1.29 is 50.9 Å². The Morgan fingerprint density at radius 3 is 2.06 bits per heavy atom. The van der Waals surface area contributed by atoms with Crippen molar-refractivity contribution in [3.63, 3.8) is 0 Å². The lowest BCUT2D eigenvalue weighted by molar-refractivity contribution is -0.193. The molecule has 1 aromatic heterocycles. The number of aliphatic carboxylic acids is 2. The van der Waals surface area contributed by atoms with Gasteiger partial charge in [-0.05, 0) is 25.3 Å². The summed E-state index contributed by atoms with van der Waals surface area (Å²) in [7, 11) is 0. The molecule has 2 atom stereocenters. The summed E-state index contributed by atoms with van der Waals surface area (Å²) in [5.41, 5.74) is 0. The highest BCUT2D eigenvalue weighted by atomic mass is 32.1. The second kappa shape index (κ2) is 11.8. The molecule has 0 spiro atoms. The molecule has 2 aliphatic heterocycles. The number of carboxylic acids is 2. The third-order valence-electron chi connectivity index (χ3n) is 4.53. The third-order valence-corrected chi connectivity index (χ3v) is 5.39. The summed E-state index contributed by atoms with van der Waals surface area (Å²) >= 11 is 1.85. The van der Waals surface area contributed by atoms with Crippen LogP contribution in [0.25, 0.3) is 0 Å². The average molecular weight is 494 g/mol. The number of hydrogen-bond donors (Lipinski definition) is 2. The fourth-order valence-electron chi connectivity index (χ4n) is 3.18. The molecule has 2 N–H and O–H groups in total. The van der Waals surface area contributed by atoms with Crippen LogP contribution in [0.4, 0.5) is 26.3 Å². The molecule has 0 aliphatic carbocycles. The van der Waals surface area contributed by atoms with E-state index >= 15 is 0 Å². The van der Waals surface area contributed by atoms with Crippen LogP contribution < -0.4 is 0 Å². The predicted octanol–water partition coefficient (Wildman–Crippen LogP) is 3.31. The normalized spacial score (nSPS) is 21.8. The van der Waals surface area contributed by atoms with Crippen LogP contribution in [-0.2, 0) is 20.9 Å². The molecule has 0 aromatic carbocycles. The Bertz CT molecular complexity index is 702. The van der Waals surface area contributed by atoms with Gasteiger partial charge in [0.05, 0.1) is 18.8 Å². The molecule has 0 saturated carbocycles.